The number of imide groups is 1. The van der Waals surface area contributed by atoms with Crippen LogP contribution in [-0.2, 0) is 4.79 Å². The lowest BCUT2D eigenvalue weighted by Gasteiger charge is -2.36. The van der Waals surface area contributed by atoms with Gasteiger partial charge >= 0.3 is 6.03 Å². The van der Waals surface area contributed by atoms with Crippen molar-refractivity contribution < 1.29 is 19.2 Å². The van der Waals surface area contributed by atoms with E-state index in [9.17, 15) is 9.59 Å². The molecule has 1 aliphatic heterocycles. The molecule has 0 bridgehead atoms. The van der Waals surface area contributed by atoms with Crippen LogP contribution in [0.5, 0.6) is 5.75 Å². The van der Waals surface area contributed by atoms with Crippen molar-refractivity contribution in [3.63, 3.8) is 0 Å². The Balaban J connectivity index is 1.48. The van der Waals surface area contributed by atoms with Crippen LogP contribution in [0.2, 0.25) is 0 Å². The van der Waals surface area contributed by atoms with Crippen molar-refractivity contribution >= 4 is 17.6 Å². The SMILES string of the molecule is CCOc1ccccc1N1CC[NH+]([C@@H](C)C(=O)NC(=O)NC2CCCC2)CC1. The quantitative estimate of drug-likeness (QED) is 0.677. The average Bonchev–Trinajstić information content (AvgIpc) is 3.21. The van der Waals surface area contributed by atoms with Gasteiger partial charge in [-0.15, -0.1) is 0 Å². The molecule has 7 heteroatoms. The number of piperazine rings is 1. The standard InChI is InChI=1S/C21H32N4O3/c1-3-28-19-11-7-6-10-18(19)25-14-12-24(13-15-25)16(2)20(26)23-21(27)22-17-8-4-5-9-17/h6-7,10-11,16-17H,3-5,8-9,12-15H2,1-2H3,(H2,22,23,26,27)/p+1/t16-/m0/s1. The predicted octanol–water partition coefficient (Wildman–Crippen LogP) is 0.947. The lowest BCUT2D eigenvalue weighted by molar-refractivity contribution is -0.914. The van der Waals surface area contributed by atoms with Crippen LogP contribution in [0.4, 0.5) is 10.5 Å². The molecule has 1 heterocycles. The average molecular weight is 390 g/mol. The van der Waals surface area contributed by atoms with Gasteiger partial charge in [0.2, 0.25) is 0 Å². The smallest absolute Gasteiger partial charge is 0.321 e. The van der Waals surface area contributed by atoms with Crippen molar-refractivity contribution in [2.24, 2.45) is 0 Å². The topological polar surface area (TPSA) is 75.1 Å². The van der Waals surface area contributed by atoms with Crippen LogP contribution >= 0.6 is 0 Å². The molecule has 7 nitrogen and oxygen atoms in total. The summed E-state index contributed by atoms with van der Waals surface area (Å²) in [7, 11) is 0. The fourth-order valence-electron chi connectivity index (χ4n) is 4.16. The summed E-state index contributed by atoms with van der Waals surface area (Å²) >= 11 is 0. The van der Waals surface area contributed by atoms with E-state index in [1.54, 1.807) is 0 Å². The van der Waals surface area contributed by atoms with E-state index in [-0.39, 0.29) is 24.0 Å². The van der Waals surface area contributed by atoms with E-state index in [1.807, 2.05) is 32.0 Å². The number of nitrogens with zero attached hydrogens (tertiary/aromatic N) is 1. The summed E-state index contributed by atoms with van der Waals surface area (Å²) in [5, 5.41) is 5.44. The van der Waals surface area contributed by atoms with Crippen LogP contribution in [0.25, 0.3) is 0 Å². The van der Waals surface area contributed by atoms with E-state index in [4.69, 9.17) is 4.74 Å². The first-order chi connectivity index (χ1) is 13.6. The summed E-state index contributed by atoms with van der Waals surface area (Å²) in [5.74, 6) is 0.705. The van der Waals surface area contributed by atoms with E-state index >= 15 is 0 Å². The van der Waals surface area contributed by atoms with Crippen LogP contribution in [0.3, 0.4) is 0 Å². The molecule has 2 aliphatic rings. The lowest BCUT2D eigenvalue weighted by atomic mass is 10.2. The molecule has 1 saturated heterocycles. The second kappa shape index (κ2) is 9.78. The van der Waals surface area contributed by atoms with E-state index in [0.29, 0.717) is 6.61 Å². The number of amides is 3. The Kier molecular flexibility index (Phi) is 7.14. The van der Waals surface area contributed by atoms with Crippen molar-refractivity contribution in [1.82, 2.24) is 10.6 Å². The number of anilines is 1. The molecule has 1 saturated carbocycles. The molecule has 1 aliphatic carbocycles. The minimum Gasteiger partial charge on any atom is -0.492 e. The minimum absolute atomic E-state index is 0.200. The van der Waals surface area contributed by atoms with Gasteiger partial charge in [0, 0.05) is 6.04 Å². The fourth-order valence-corrected chi connectivity index (χ4v) is 4.16. The van der Waals surface area contributed by atoms with Crippen molar-refractivity contribution in [3.8, 4) is 5.75 Å². The number of hydrogen-bond acceptors (Lipinski definition) is 4. The molecule has 3 N–H and O–H groups in total. The van der Waals surface area contributed by atoms with Gasteiger partial charge in [-0.1, -0.05) is 25.0 Å². The Labute approximate surface area is 167 Å². The highest BCUT2D eigenvalue weighted by atomic mass is 16.5. The molecule has 154 valence electrons. The number of urea groups is 1. The van der Waals surface area contributed by atoms with Crippen molar-refractivity contribution in [3.05, 3.63) is 24.3 Å². The largest absolute Gasteiger partial charge is 0.492 e. The molecule has 1 aromatic carbocycles. The zero-order valence-electron chi connectivity index (χ0n) is 17.0. The number of para-hydroxylation sites is 2. The van der Waals surface area contributed by atoms with Gasteiger partial charge in [-0.25, -0.2) is 4.79 Å². The second-order valence-corrected chi connectivity index (χ2v) is 7.71. The summed E-state index contributed by atoms with van der Waals surface area (Å²) in [6.07, 6.45) is 4.31. The molecule has 0 radical (unpaired) electrons. The molecule has 0 aromatic heterocycles. The Morgan fingerprint density at radius 3 is 2.57 bits per heavy atom. The first-order valence-electron chi connectivity index (χ1n) is 10.5. The minimum atomic E-state index is -0.354. The summed E-state index contributed by atoms with van der Waals surface area (Å²) < 4.78 is 5.74. The number of hydrogen-bond donors (Lipinski definition) is 3. The molecule has 3 rings (SSSR count). The maximum absolute atomic E-state index is 12.5. The molecule has 2 fully saturated rings. The van der Waals surface area contributed by atoms with Gasteiger partial charge in [-0.2, -0.15) is 0 Å². The summed E-state index contributed by atoms with van der Waals surface area (Å²) in [4.78, 5) is 28.1. The van der Waals surface area contributed by atoms with E-state index in [1.165, 1.54) is 4.90 Å². The van der Waals surface area contributed by atoms with Gasteiger partial charge < -0.3 is 19.9 Å². The van der Waals surface area contributed by atoms with E-state index < -0.39 is 0 Å². The molecule has 0 spiro atoms. The number of carbonyl (C=O) groups is 2. The Morgan fingerprint density at radius 1 is 1.21 bits per heavy atom. The molecular weight excluding hydrogens is 356 g/mol. The number of rotatable bonds is 6. The van der Waals surface area contributed by atoms with E-state index in [0.717, 1.165) is 63.3 Å². The van der Waals surface area contributed by atoms with Crippen LogP contribution < -0.4 is 25.2 Å². The fraction of sp³-hybridized carbons (Fsp3) is 0.619. The van der Waals surface area contributed by atoms with Crippen LogP contribution in [0.15, 0.2) is 24.3 Å². The van der Waals surface area contributed by atoms with Crippen molar-refractivity contribution in [1.29, 1.82) is 0 Å². The molecule has 3 amide bonds. The molecule has 1 aromatic rings. The Hall–Kier alpha value is -2.28. The van der Waals surface area contributed by atoms with Gasteiger partial charge in [0.15, 0.2) is 6.04 Å². The molecule has 0 unspecified atom stereocenters. The highest BCUT2D eigenvalue weighted by Crippen LogP contribution is 2.27. The zero-order valence-corrected chi connectivity index (χ0v) is 17.0. The van der Waals surface area contributed by atoms with E-state index in [2.05, 4.69) is 21.6 Å². The molecule has 1 atom stereocenters. The first-order valence-corrected chi connectivity index (χ1v) is 10.5. The third-order valence-corrected chi connectivity index (χ3v) is 5.84. The lowest BCUT2D eigenvalue weighted by Crippen LogP contribution is -3.19. The summed E-state index contributed by atoms with van der Waals surface area (Å²) in [6.45, 7) is 7.93. The van der Waals surface area contributed by atoms with Gasteiger partial charge in [0.1, 0.15) is 5.75 Å². The number of benzene rings is 1. The van der Waals surface area contributed by atoms with Crippen molar-refractivity contribution in [2.45, 2.75) is 51.6 Å². The molecule has 28 heavy (non-hydrogen) atoms. The van der Waals surface area contributed by atoms with Gasteiger partial charge in [-0.05, 0) is 38.8 Å². The highest BCUT2D eigenvalue weighted by molar-refractivity contribution is 5.96. The van der Waals surface area contributed by atoms with Crippen molar-refractivity contribution in [2.75, 3.05) is 37.7 Å². The van der Waals surface area contributed by atoms with Gasteiger partial charge in [0.05, 0.1) is 38.5 Å². The number of carbonyl (C=O) groups excluding carboxylic acids is 2. The zero-order chi connectivity index (χ0) is 19.9. The first kappa shape index (κ1) is 20.5. The van der Waals surface area contributed by atoms with Crippen LogP contribution in [-0.4, -0.2) is 56.8 Å². The third kappa shape index (κ3) is 5.16. The normalized spacial score (nSPS) is 19.3. The van der Waals surface area contributed by atoms with Gasteiger partial charge in [-0.3, -0.25) is 10.1 Å². The Bertz CT molecular complexity index is 667. The molecular formula is C21H33N4O3+. The highest BCUT2D eigenvalue weighted by Gasteiger charge is 2.31. The third-order valence-electron chi connectivity index (χ3n) is 5.84. The summed E-state index contributed by atoms with van der Waals surface area (Å²) in [5.41, 5.74) is 1.11. The number of nitrogens with one attached hydrogen (secondary N) is 3. The van der Waals surface area contributed by atoms with Gasteiger partial charge in [0.25, 0.3) is 5.91 Å². The second-order valence-electron chi connectivity index (χ2n) is 7.71. The summed E-state index contributed by atoms with van der Waals surface area (Å²) in [6, 6.07) is 7.70. The number of ether oxygens (including phenoxy) is 1. The Morgan fingerprint density at radius 2 is 1.89 bits per heavy atom. The number of quaternary nitrogens is 1. The van der Waals surface area contributed by atoms with Crippen LogP contribution in [0.1, 0.15) is 39.5 Å². The maximum Gasteiger partial charge on any atom is 0.321 e. The monoisotopic (exact) mass is 389 g/mol. The maximum atomic E-state index is 12.5. The predicted molar refractivity (Wildman–Crippen MR) is 109 cm³/mol. The van der Waals surface area contributed by atoms with Crippen LogP contribution in [0, 0.1) is 0 Å².